The van der Waals surface area contributed by atoms with Gasteiger partial charge in [0.1, 0.15) is 0 Å². The lowest BCUT2D eigenvalue weighted by Gasteiger charge is -2.22. The van der Waals surface area contributed by atoms with Crippen molar-refractivity contribution >= 4 is 11.6 Å². The van der Waals surface area contributed by atoms with Gasteiger partial charge in [-0.15, -0.1) is 0 Å². The van der Waals surface area contributed by atoms with Crippen LogP contribution in [0.4, 0.5) is 5.69 Å². The van der Waals surface area contributed by atoms with Gasteiger partial charge in [-0.3, -0.25) is 4.79 Å². The number of para-hydroxylation sites is 1. The third-order valence-electron chi connectivity index (χ3n) is 4.65. The van der Waals surface area contributed by atoms with Gasteiger partial charge in [-0.1, -0.05) is 26.3 Å². The molecule has 0 bridgehead atoms. The molecule has 0 aliphatic heterocycles. The Morgan fingerprint density at radius 2 is 2.14 bits per heavy atom. The maximum atomic E-state index is 12.5. The highest BCUT2D eigenvalue weighted by Gasteiger charge is 2.33. The molecule has 1 saturated carbocycles. The smallest absolute Gasteiger partial charge is 0.255 e. The first-order valence-electron chi connectivity index (χ1n) is 7.90. The van der Waals surface area contributed by atoms with E-state index in [1.54, 1.807) is 18.2 Å². The van der Waals surface area contributed by atoms with Crippen molar-refractivity contribution < 1.29 is 9.53 Å². The van der Waals surface area contributed by atoms with Crippen LogP contribution in [0, 0.1) is 11.8 Å². The van der Waals surface area contributed by atoms with E-state index in [4.69, 9.17) is 10.5 Å². The number of nitrogens with one attached hydrogen (secondary N) is 1. The molecule has 0 saturated heterocycles. The Kier molecular flexibility index (Phi) is 5.10. The summed E-state index contributed by atoms with van der Waals surface area (Å²) in [4.78, 5) is 12.5. The zero-order chi connectivity index (χ0) is 15.4. The fourth-order valence-corrected chi connectivity index (χ4v) is 3.31. The van der Waals surface area contributed by atoms with Crippen molar-refractivity contribution in [1.29, 1.82) is 0 Å². The average Bonchev–Trinajstić information content (AvgIpc) is 2.82. The van der Waals surface area contributed by atoms with Gasteiger partial charge in [0, 0.05) is 6.04 Å². The molecule has 21 heavy (non-hydrogen) atoms. The van der Waals surface area contributed by atoms with Crippen LogP contribution in [0.2, 0.25) is 0 Å². The first-order chi connectivity index (χ1) is 10.1. The number of hydrogen-bond acceptors (Lipinski definition) is 3. The van der Waals surface area contributed by atoms with Gasteiger partial charge in [0.15, 0.2) is 5.75 Å². The highest BCUT2D eigenvalue weighted by Crippen LogP contribution is 2.34. The van der Waals surface area contributed by atoms with Crippen LogP contribution < -0.4 is 15.8 Å². The van der Waals surface area contributed by atoms with Crippen LogP contribution >= 0.6 is 0 Å². The summed E-state index contributed by atoms with van der Waals surface area (Å²) in [6.45, 7) is 6.83. The number of hydrogen-bond donors (Lipinski definition) is 2. The van der Waals surface area contributed by atoms with Crippen LogP contribution in [0.3, 0.4) is 0 Å². The van der Waals surface area contributed by atoms with Crippen LogP contribution in [0.25, 0.3) is 0 Å². The van der Waals surface area contributed by atoms with E-state index in [9.17, 15) is 4.79 Å². The summed E-state index contributed by atoms with van der Waals surface area (Å²) >= 11 is 0. The first kappa shape index (κ1) is 15.7. The number of anilines is 1. The standard InChI is InChI=1S/C17H26N2O2/c1-4-12-9-10-15(11(12)3)19-17(20)13-7-6-8-14(18)16(13)21-5-2/h6-8,11-12,15H,4-5,9-10,18H2,1-3H3,(H,19,20). The molecule has 2 rings (SSSR count). The molecular formula is C17H26N2O2. The predicted octanol–water partition coefficient (Wildman–Crippen LogP) is 3.22. The minimum Gasteiger partial charge on any atom is -0.491 e. The lowest BCUT2D eigenvalue weighted by atomic mass is 9.93. The van der Waals surface area contributed by atoms with Crippen molar-refractivity contribution in [3.63, 3.8) is 0 Å². The van der Waals surface area contributed by atoms with Gasteiger partial charge in [-0.25, -0.2) is 0 Å². The second-order valence-corrected chi connectivity index (χ2v) is 5.84. The van der Waals surface area contributed by atoms with E-state index < -0.39 is 0 Å². The normalized spacial score (nSPS) is 24.8. The Balaban J connectivity index is 2.12. The molecular weight excluding hydrogens is 264 g/mol. The van der Waals surface area contributed by atoms with Crippen molar-refractivity contribution in [2.24, 2.45) is 11.8 Å². The summed E-state index contributed by atoms with van der Waals surface area (Å²) in [5.41, 5.74) is 6.96. The third-order valence-corrected chi connectivity index (χ3v) is 4.65. The number of carbonyl (C=O) groups is 1. The SMILES string of the molecule is CCOc1c(N)cccc1C(=O)NC1CCC(CC)C1C. The highest BCUT2D eigenvalue weighted by molar-refractivity contribution is 5.98. The second kappa shape index (κ2) is 6.83. The van der Waals surface area contributed by atoms with Crippen LogP contribution in [0.5, 0.6) is 5.75 Å². The Morgan fingerprint density at radius 3 is 2.76 bits per heavy atom. The molecule has 1 fully saturated rings. The zero-order valence-corrected chi connectivity index (χ0v) is 13.2. The number of nitrogens with two attached hydrogens (primary N) is 1. The van der Waals surface area contributed by atoms with Gasteiger partial charge in [0.25, 0.3) is 5.91 Å². The molecule has 3 unspecified atom stereocenters. The maximum Gasteiger partial charge on any atom is 0.255 e. The molecule has 116 valence electrons. The summed E-state index contributed by atoms with van der Waals surface area (Å²) in [6, 6.07) is 5.57. The molecule has 1 aromatic rings. The molecule has 3 atom stereocenters. The minimum absolute atomic E-state index is 0.0839. The quantitative estimate of drug-likeness (QED) is 0.818. The van der Waals surface area contributed by atoms with Crippen LogP contribution in [0.15, 0.2) is 18.2 Å². The van der Waals surface area contributed by atoms with Crippen LogP contribution in [0.1, 0.15) is 50.4 Å². The van der Waals surface area contributed by atoms with Crippen molar-refractivity contribution in [1.82, 2.24) is 5.32 Å². The van der Waals surface area contributed by atoms with Gasteiger partial charge < -0.3 is 15.8 Å². The van der Waals surface area contributed by atoms with Crippen molar-refractivity contribution in [2.75, 3.05) is 12.3 Å². The molecule has 0 heterocycles. The van der Waals surface area contributed by atoms with Gasteiger partial charge >= 0.3 is 0 Å². The van der Waals surface area contributed by atoms with E-state index in [1.807, 2.05) is 6.92 Å². The summed E-state index contributed by atoms with van der Waals surface area (Å²) in [5, 5.41) is 3.16. The van der Waals surface area contributed by atoms with E-state index in [0.29, 0.717) is 35.4 Å². The van der Waals surface area contributed by atoms with E-state index in [1.165, 1.54) is 12.8 Å². The number of benzene rings is 1. The lowest BCUT2D eigenvalue weighted by molar-refractivity contribution is 0.0923. The predicted molar refractivity (Wildman–Crippen MR) is 85.5 cm³/mol. The Labute approximate surface area is 127 Å². The third kappa shape index (κ3) is 3.31. The Hall–Kier alpha value is -1.71. The van der Waals surface area contributed by atoms with Gasteiger partial charge in [0.2, 0.25) is 0 Å². The summed E-state index contributed by atoms with van der Waals surface area (Å²) in [6.07, 6.45) is 3.42. The zero-order valence-electron chi connectivity index (χ0n) is 13.2. The largest absolute Gasteiger partial charge is 0.491 e. The highest BCUT2D eigenvalue weighted by atomic mass is 16.5. The topological polar surface area (TPSA) is 64.3 Å². The molecule has 0 radical (unpaired) electrons. The summed E-state index contributed by atoms with van der Waals surface area (Å²) < 4.78 is 5.54. The molecule has 3 N–H and O–H groups in total. The second-order valence-electron chi connectivity index (χ2n) is 5.84. The van der Waals surface area contributed by atoms with E-state index in [0.717, 1.165) is 6.42 Å². The molecule has 1 amide bonds. The molecule has 0 aromatic heterocycles. The van der Waals surface area contributed by atoms with Crippen LogP contribution in [-0.4, -0.2) is 18.6 Å². The van der Waals surface area contributed by atoms with Crippen molar-refractivity contribution in [3.8, 4) is 5.75 Å². The maximum absolute atomic E-state index is 12.5. The number of nitrogen functional groups attached to an aromatic ring is 1. The molecule has 0 spiro atoms. The van der Waals surface area contributed by atoms with Gasteiger partial charge in [-0.2, -0.15) is 0 Å². The van der Waals surface area contributed by atoms with Crippen LogP contribution in [-0.2, 0) is 0 Å². The lowest BCUT2D eigenvalue weighted by Crippen LogP contribution is -2.37. The fourth-order valence-electron chi connectivity index (χ4n) is 3.31. The van der Waals surface area contributed by atoms with E-state index in [-0.39, 0.29) is 11.9 Å². The number of rotatable bonds is 5. The average molecular weight is 290 g/mol. The molecule has 4 nitrogen and oxygen atoms in total. The first-order valence-corrected chi connectivity index (χ1v) is 7.90. The van der Waals surface area contributed by atoms with E-state index in [2.05, 4.69) is 19.2 Å². The Morgan fingerprint density at radius 1 is 1.38 bits per heavy atom. The fraction of sp³-hybridized carbons (Fsp3) is 0.588. The monoisotopic (exact) mass is 290 g/mol. The van der Waals surface area contributed by atoms with Gasteiger partial charge in [0.05, 0.1) is 17.9 Å². The van der Waals surface area contributed by atoms with E-state index >= 15 is 0 Å². The summed E-state index contributed by atoms with van der Waals surface area (Å²) in [5.74, 6) is 1.65. The molecule has 1 aliphatic rings. The number of amides is 1. The molecule has 1 aromatic carbocycles. The Bertz CT molecular complexity index is 502. The number of carbonyl (C=O) groups excluding carboxylic acids is 1. The van der Waals surface area contributed by atoms with Crippen molar-refractivity contribution in [3.05, 3.63) is 23.8 Å². The minimum atomic E-state index is -0.0839. The van der Waals surface area contributed by atoms with Gasteiger partial charge in [-0.05, 0) is 43.7 Å². The number of ether oxygens (including phenoxy) is 1. The summed E-state index contributed by atoms with van der Waals surface area (Å²) in [7, 11) is 0. The van der Waals surface area contributed by atoms with Crippen molar-refractivity contribution in [2.45, 2.75) is 46.1 Å². The molecule has 1 aliphatic carbocycles. The molecule has 4 heteroatoms.